The van der Waals surface area contributed by atoms with Crippen LogP contribution < -0.4 is 4.72 Å². The van der Waals surface area contributed by atoms with Crippen LogP contribution in [0.15, 0.2) is 41.7 Å². The summed E-state index contributed by atoms with van der Waals surface area (Å²) in [6, 6.07) is 6.90. The Morgan fingerprint density at radius 2 is 2.14 bits per heavy atom. The van der Waals surface area contributed by atoms with Crippen LogP contribution in [0.3, 0.4) is 0 Å². The first-order valence-corrected chi connectivity index (χ1v) is 7.94. The number of fused-ring (bicyclic) bond motifs is 1. The van der Waals surface area contributed by atoms with Gasteiger partial charge < -0.3 is 0 Å². The van der Waals surface area contributed by atoms with Crippen molar-refractivity contribution in [2.24, 2.45) is 7.05 Å². The second-order valence-electron chi connectivity index (χ2n) is 4.41. The molecule has 21 heavy (non-hydrogen) atoms. The molecule has 0 saturated carbocycles. The quantitative estimate of drug-likeness (QED) is 0.781. The lowest BCUT2D eigenvalue weighted by Gasteiger charge is -2.07. The molecule has 0 unspecified atom stereocenters. The van der Waals surface area contributed by atoms with Crippen LogP contribution in [0.25, 0.3) is 5.65 Å². The van der Waals surface area contributed by atoms with E-state index in [0.717, 1.165) is 5.69 Å². The first-order valence-electron chi connectivity index (χ1n) is 6.08. The fourth-order valence-corrected chi connectivity index (χ4v) is 3.63. The summed E-state index contributed by atoms with van der Waals surface area (Å²) in [6.07, 6.45) is 3.21. The molecule has 9 heteroatoms. The zero-order valence-electron chi connectivity index (χ0n) is 11.1. The molecule has 3 aromatic rings. The Kier molecular flexibility index (Phi) is 3.44. The van der Waals surface area contributed by atoms with Gasteiger partial charge in [0.15, 0.2) is 10.2 Å². The number of nitrogens with one attached hydrogen (secondary N) is 1. The maximum absolute atomic E-state index is 12.4. The highest BCUT2D eigenvalue weighted by Gasteiger charge is 2.24. The topological polar surface area (TPSA) is 81.3 Å². The smallest absolute Gasteiger partial charge is 0.260 e. The third kappa shape index (κ3) is 2.53. The van der Waals surface area contributed by atoms with Crippen LogP contribution in [-0.2, 0) is 23.6 Å². The molecule has 110 valence electrons. The van der Waals surface area contributed by atoms with Gasteiger partial charge in [-0.1, -0.05) is 17.7 Å². The number of halogens is 1. The van der Waals surface area contributed by atoms with E-state index in [1.165, 1.54) is 4.40 Å². The van der Waals surface area contributed by atoms with Crippen molar-refractivity contribution in [3.05, 3.63) is 47.5 Å². The lowest BCUT2D eigenvalue weighted by molar-refractivity contribution is 0.572. The summed E-state index contributed by atoms with van der Waals surface area (Å²) < 4.78 is 30.4. The Morgan fingerprint density at radius 1 is 1.33 bits per heavy atom. The fourth-order valence-electron chi connectivity index (χ4n) is 2.00. The highest BCUT2D eigenvalue weighted by atomic mass is 35.5. The molecular weight excluding hydrogens is 314 g/mol. The zero-order chi connectivity index (χ0) is 15.0. The lowest BCUT2D eigenvalue weighted by Crippen LogP contribution is -2.25. The van der Waals surface area contributed by atoms with Crippen LogP contribution in [0, 0.1) is 0 Å². The average molecular weight is 326 g/mol. The second-order valence-corrected chi connectivity index (χ2v) is 6.45. The molecule has 0 aliphatic heterocycles. The number of rotatable bonds is 4. The van der Waals surface area contributed by atoms with Crippen molar-refractivity contribution in [3.63, 3.8) is 0 Å². The fraction of sp³-hybridized carbons (Fsp3) is 0.167. The van der Waals surface area contributed by atoms with Gasteiger partial charge >= 0.3 is 0 Å². The molecule has 3 heterocycles. The Morgan fingerprint density at radius 3 is 2.86 bits per heavy atom. The molecule has 0 radical (unpaired) electrons. The van der Waals surface area contributed by atoms with Crippen molar-refractivity contribution in [3.8, 4) is 0 Å². The van der Waals surface area contributed by atoms with Gasteiger partial charge in [0.2, 0.25) is 0 Å². The molecular formula is C12H12ClN5O2S. The molecule has 0 aliphatic carbocycles. The van der Waals surface area contributed by atoms with E-state index in [1.807, 2.05) is 0 Å². The van der Waals surface area contributed by atoms with Gasteiger partial charge in [0, 0.05) is 19.4 Å². The number of hydrogen-bond acceptors (Lipinski definition) is 4. The Hall–Kier alpha value is -1.90. The van der Waals surface area contributed by atoms with E-state index in [1.54, 1.807) is 48.4 Å². The first kappa shape index (κ1) is 14.1. The van der Waals surface area contributed by atoms with Gasteiger partial charge in [-0.25, -0.2) is 18.1 Å². The molecule has 0 spiro atoms. The summed E-state index contributed by atoms with van der Waals surface area (Å²) in [4.78, 5) is 4.03. The van der Waals surface area contributed by atoms with E-state index in [4.69, 9.17) is 11.6 Å². The van der Waals surface area contributed by atoms with Crippen molar-refractivity contribution in [2.75, 3.05) is 0 Å². The molecule has 0 bridgehead atoms. The maximum Gasteiger partial charge on any atom is 0.260 e. The maximum atomic E-state index is 12.4. The monoisotopic (exact) mass is 325 g/mol. The number of aryl methyl sites for hydroxylation is 1. The van der Waals surface area contributed by atoms with Crippen LogP contribution in [-0.4, -0.2) is 27.6 Å². The minimum absolute atomic E-state index is 0.0568. The highest BCUT2D eigenvalue weighted by Crippen LogP contribution is 2.22. The number of aromatic nitrogens is 4. The van der Waals surface area contributed by atoms with Gasteiger partial charge in [-0.15, -0.1) is 0 Å². The molecule has 0 fully saturated rings. The predicted octanol–water partition coefficient (Wildman–Crippen LogP) is 1.20. The minimum Gasteiger partial charge on any atom is -0.288 e. The standard InChI is InChI=1S/C12H12ClN5O2S/c1-17-9(5-6-14-17)8-15-21(19,20)12-11(13)16-10-4-2-3-7-18(10)12/h2-7,15H,8H2,1H3. The normalized spacial score (nSPS) is 12.1. The number of pyridine rings is 1. The van der Waals surface area contributed by atoms with Crippen molar-refractivity contribution < 1.29 is 8.42 Å². The third-order valence-electron chi connectivity index (χ3n) is 3.07. The number of nitrogens with zero attached hydrogens (tertiary/aromatic N) is 4. The van der Waals surface area contributed by atoms with Gasteiger partial charge in [-0.3, -0.25) is 9.08 Å². The number of hydrogen-bond donors (Lipinski definition) is 1. The van der Waals surface area contributed by atoms with E-state index in [-0.39, 0.29) is 16.7 Å². The highest BCUT2D eigenvalue weighted by molar-refractivity contribution is 7.89. The Balaban J connectivity index is 1.97. The average Bonchev–Trinajstić information content (AvgIpc) is 2.99. The largest absolute Gasteiger partial charge is 0.288 e. The summed E-state index contributed by atoms with van der Waals surface area (Å²) >= 11 is 5.98. The molecule has 0 aromatic carbocycles. The molecule has 0 atom stereocenters. The van der Waals surface area contributed by atoms with Crippen LogP contribution in [0.5, 0.6) is 0 Å². The molecule has 0 amide bonds. The predicted molar refractivity (Wildman–Crippen MR) is 77.4 cm³/mol. The molecule has 0 aliphatic rings. The second kappa shape index (κ2) is 5.14. The van der Waals surface area contributed by atoms with Gasteiger partial charge in [0.05, 0.1) is 12.2 Å². The zero-order valence-corrected chi connectivity index (χ0v) is 12.6. The first-order chi connectivity index (χ1) is 9.99. The van der Waals surface area contributed by atoms with Crippen molar-refractivity contribution in [1.29, 1.82) is 0 Å². The van der Waals surface area contributed by atoms with Crippen LogP contribution in [0.1, 0.15) is 5.69 Å². The van der Waals surface area contributed by atoms with E-state index in [9.17, 15) is 8.42 Å². The molecule has 3 aromatic heterocycles. The third-order valence-corrected chi connectivity index (χ3v) is 4.87. The van der Waals surface area contributed by atoms with Crippen LogP contribution in [0.2, 0.25) is 5.15 Å². The van der Waals surface area contributed by atoms with Gasteiger partial charge in [-0.05, 0) is 18.2 Å². The molecule has 1 N–H and O–H groups in total. The Labute approximate surface area is 126 Å². The number of sulfonamides is 1. The minimum atomic E-state index is -3.79. The molecule has 7 nitrogen and oxygen atoms in total. The summed E-state index contributed by atoms with van der Waals surface area (Å²) in [5.74, 6) is 0. The van der Waals surface area contributed by atoms with Crippen molar-refractivity contribution in [2.45, 2.75) is 11.6 Å². The van der Waals surface area contributed by atoms with E-state index in [2.05, 4.69) is 14.8 Å². The van der Waals surface area contributed by atoms with Crippen LogP contribution in [0.4, 0.5) is 0 Å². The summed E-state index contributed by atoms with van der Waals surface area (Å²) in [7, 11) is -2.05. The number of imidazole rings is 1. The summed E-state index contributed by atoms with van der Waals surface area (Å²) in [6.45, 7) is 0.120. The molecule has 0 saturated heterocycles. The van der Waals surface area contributed by atoms with Crippen molar-refractivity contribution >= 4 is 27.3 Å². The SMILES string of the molecule is Cn1nccc1CNS(=O)(=O)c1c(Cl)nc2ccccn12. The lowest BCUT2D eigenvalue weighted by atomic mass is 10.4. The van der Waals surface area contributed by atoms with Gasteiger partial charge in [0.25, 0.3) is 10.0 Å². The van der Waals surface area contributed by atoms with E-state index in [0.29, 0.717) is 5.65 Å². The van der Waals surface area contributed by atoms with E-state index < -0.39 is 10.0 Å². The molecule has 3 rings (SSSR count). The van der Waals surface area contributed by atoms with Gasteiger partial charge in [-0.2, -0.15) is 5.10 Å². The summed E-state index contributed by atoms with van der Waals surface area (Å²) in [5, 5.41) is 3.86. The van der Waals surface area contributed by atoms with Crippen molar-refractivity contribution in [1.82, 2.24) is 23.9 Å². The summed E-state index contributed by atoms with van der Waals surface area (Å²) in [5.41, 5.74) is 1.21. The van der Waals surface area contributed by atoms with Gasteiger partial charge in [0.1, 0.15) is 5.65 Å². The Bertz CT molecular complexity index is 899. The van der Waals surface area contributed by atoms with E-state index >= 15 is 0 Å². The van der Waals surface area contributed by atoms with Crippen LogP contribution >= 0.6 is 11.6 Å².